The molecule has 0 saturated carbocycles. The largest absolute Gasteiger partial charge is 0.461 e. The summed E-state index contributed by atoms with van der Waals surface area (Å²) in [6.45, 7) is 6.88. The molecule has 0 fully saturated rings. The SMILES string of the molecule is CC(C)OC(=O)[C@H](CCC(=O)C=[N+]=N)NC(=O)[C@H](C(C)C)S(C)=O. The standard InChI is InChI=1S/C15H25N3O5S/c1-9(2)13(24(5)22)14(20)18-12(15(21)23-10(3)4)7-6-11(19)8-17-16/h8-10,12-13,16H,6-7H2,1-5H3/p+1/t12-,13-,24?/m0/s1. The first-order valence-corrected chi connectivity index (χ1v) is 9.28. The van der Waals surface area contributed by atoms with Crippen LogP contribution in [0.3, 0.4) is 0 Å². The number of hydrogen-bond acceptors (Lipinski definition) is 6. The van der Waals surface area contributed by atoms with Crippen LogP contribution in [0, 0.1) is 11.4 Å². The second-order valence-electron chi connectivity index (χ2n) is 5.97. The normalized spacial score (nSPS) is 14.5. The summed E-state index contributed by atoms with van der Waals surface area (Å²) < 4.78 is 16.8. The van der Waals surface area contributed by atoms with Crippen LogP contribution in [-0.4, -0.2) is 56.5 Å². The number of ether oxygens (including phenoxy) is 1. The van der Waals surface area contributed by atoms with E-state index >= 15 is 0 Å². The maximum Gasteiger partial charge on any atom is 0.372 e. The van der Waals surface area contributed by atoms with Gasteiger partial charge in [-0.3, -0.25) is 13.8 Å². The zero-order valence-corrected chi connectivity index (χ0v) is 15.5. The third-order valence-electron chi connectivity index (χ3n) is 3.06. The molecule has 3 atom stereocenters. The molecule has 24 heavy (non-hydrogen) atoms. The maximum atomic E-state index is 12.3. The van der Waals surface area contributed by atoms with E-state index in [0.29, 0.717) is 0 Å². The summed E-state index contributed by atoms with van der Waals surface area (Å²) in [7, 11) is -1.40. The minimum absolute atomic E-state index is 0.0172. The van der Waals surface area contributed by atoms with Crippen molar-refractivity contribution in [1.82, 2.24) is 5.32 Å². The summed E-state index contributed by atoms with van der Waals surface area (Å²) in [4.78, 5) is 38.8. The third-order valence-corrected chi connectivity index (χ3v) is 4.54. The summed E-state index contributed by atoms with van der Waals surface area (Å²) >= 11 is 0. The Hall–Kier alpha value is -1.86. The average molecular weight is 360 g/mol. The van der Waals surface area contributed by atoms with Crippen molar-refractivity contribution < 1.29 is 28.1 Å². The molecule has 0 aliphatic heterocycles. The topological polar surface area (TPSA) is 127 Å². The number of nitrogens with zero attached hydrogens (tertiary/aromatic N) is 1. The van der Waals surface area contributed by atoms with Gasteiger partial charge in [-0.2, -0.15) is 0 Å². The second kappa shape index (κ2) is 10.8. The highest BCUT2D eigenvalue weighted by atomic mass is 32.2. The van der Waals surface area contributed by atoms with Gasteiger partial charge in [-0.25, -0.2) is 4.79 Å². The van der Waals surface area contributed by atoms with Crippen molar-refractivity contribution in [2.45, 2.75) is 57.9 Å². The highest BCUT2D eigenvalue weighted by Crippen LogP contribution is 2.11. The van der Waals surface area contributed by atoms with E-state index < -0.39 is 39.8 Å². The van der Waals surface area contributed by atoms with Crippen molar-refractivity contribution in [3.05, 3.63) is 0 Å². The summed E-state index contributed by atoms with van der Waals surface area (Å²) in [5.41, 5.74) is 6.61. The molecule has 9 heteroatoms. The van der Waals surface area contributed by atoms with E-state index in [1.165, 1.54) is 6.26 Å². The minimum Gasteiger partial charge on any atom is -0.461 e. The number of amides is 1. The summed E-state index contributed by atoms with van der Waals surface area (Å²) in [5.74, 6) is -1.77. The minimum atomic E-state index is -1.40. The molecule has 0 saturated heterocycles. The Labute approximate surface area is 144 Å². The van der Waals surface area contributed by atoms with E-state index in [1.54, 1.807) is 27.7 Å². The van der Waals surface area contributed by atoms with Gasteiger partial charge in [0.2, 0.25) is 11.7 Å². The van der Waals surface area contributed by atoms with Gasteiger partial charge in [0.1, 0.15) is 11.3 Å². The van der Waals surface area contributed by atoms with Crippen LogP contribution >= 0.6 is 0 Å². The Kier molecular flexibility index (Phi) is 9.99. The third kappa shape index (κ3) is 8.12. The second-order valence-corrected chi connectivity index (χ2v) is 7.48. The molecule has 136 valence electrons. The molecule has 0 heterocycles. The van der Waals surface area contributed by atoms with Gasteiger partial charge in [-0.15, -0.1) is 0 Å². The first-order valence-electron chi connectivity index (χ1n) is 7.65. The molecule has 0 aliphatic carbocycles. The number of Topliss-reactive ketones (excluding diaryl/α,β-unsaturated/α-hetero) is 1. The predicted octanol–water partition coefficient (Wildman–Crippen LogP) is 0.485. The van der Waals surface area contributed by atoms with Crippen LogP contribution in [0.2, 0.25) is 0 Å². The quantitative estimate of drug-likeness (QED) is 0.253. The Morgan fingerprint density at radius 2 is 1.83 bits per heavy atom. The molecular weight excluding hydrogens is 334 g/mol. The van der Waals surface area contributed by atoms with Gasteiger partial charge in [0.15, 0.2) is 0 Å². The number of carbonyl (C=O) groups excluding carboxylic acids is 3. The van der Waals surface area contributed by atoms with Gasteiger partial charge in [0, 0.05) is 23.5 Å². The maximum absolute atomic E-state index is 12.3. The Bertz CT molecular complexity index is 541. The molecule has 0 radical (unpaired) electrons. The number of ketones is 1. The van der Waals surface area contributed by atoms with Crippen molar-refractivity contribution in [2.75, 3.05) is 6.26 Å². The lowest BCUT2D eigenvalue weighted by Crippen LogP contribution is -2.49. The number of hydrogen-bond donors (Lipinski definition) is 2. The van der Waals surface area contributed by atoms with Crippen LogP contribution in [0.5, 0.6) is 0 Å². The van der Waals surface area contributed by atoms with Crippen molar-refractivity contribution in [3.63, 3.8) is 0 Å². The van der Waals surface area contributed by atoms with E-state index in [1.807, 2.05) is 0 Å². The number of nitrogens with one attached hydrogen (secondary N) is 2. The van der Waals surface area contributed by atoms with Crippen LogP contribution in [0.1, 0.15) is 40.5 Å². The molecule has 1 unspecified atom stereocenters. The number of rotatable bonds is 10. The Morgan fingerprint density at radius 3 is 2.25 bits per heavy atom. The van der Waals surface area contributed by atoms with Crippen LogP contribution in [0.15, 0.2) is 0 Å². The van der Waals surface area contributed by atoms with Crippen molar-refractivity contribution >= 4 is 34.7 Å². The molecule has 0 aromatic rings. The van der Waals surface area contributed by atoms with Crippen LogP contribution in [0.25, 0.3) is 0 Å². The zero-order valence-electron chi connectivity index (χ0n) is 14.7. The number of esters is 1. The lowest BCUT2D eigenvalue weighted by atomic mass is 10.1. The molecular formula is C15H26N3O5S+. The fourth-order valence-corrected chi connectivity index (χ4v) is 3.21. The first-order chi connectivity index (χ1) is 11.1. The van der Waals surface area contributed by atoms with Crippen molar-refractivity contribution in [3.8, 4) is 0 Å². The molecule has 8 nitrogen and oxygen atoms in total. The van der Waals surface area contributed by atoms with Crippen LogP contribution < -0.4 is 5.32 Å². The van der Waals surface area contributed by atoms with E-state index in [9.17, 15) is 18.6 Å². The van der Waals surface area contributed by atoms with E-state index in [0.717, 1.165) is 6.21 Å². The molecule has 0 spiro atoms. The zero-order chi connectivity index (χ0) is 18.9. The smallest absolute Gasteiger partial charge is 0.372 e. The lowest BCUT2D eigenvalue weighted by molar-refractivity contribution is -0.151. The summed E-state index contributed by atoms with van der Waals surface area (Å²) in [5, 5.41) is 1.77. The van der Waals surface area contributed by atoms with Gasteiger partial charge in [0.25, 0.3) is 0 Å². The fraction of sp³-hybridized carbons (Fsp3) is 0.733. The Balaban J connectivity index is 5.13. The molecule has 0 bridgehead atoms. The highest BCUT2D eigenvalue weighted by molar-refractivity contribution is 7.85. The lowest BCUT2D eigenvalue weighted by Gasteiger charge is -2.23. The van der Waals surface area contributed by atoms with E-state index in [4.69, 9.17) is 10.3 Å². The predicted molar refractivity (Wildman–Crippen MR) is 89.1 cm³/mol. The average Bonchev–Trinajstić information content (AvgIpc) is 2.41. The molecule has 0 rings (SSSR count). The Morgan fingerprint density at radius 1 is 1.25 bits per heavy atom. The van der Waals surface area contributed by atoms with Gasteiger partial charge < -0.3 is 10.1 Å². The molecule has 0 aromatic heterocycles. The van der Waals surface area contributed by atoms with E-state index in [-0.39, 0.29) is 24.9 Å². The van der Waals surface area contributed by atoms with Crippen LogP contribution in [-0.2, 0) is 29.9 Å². The van der Waals surface area contributed by atoms with Gasteiger partial charge >= 0.3 is 12.2 Å². The van der Waals surface area contributed by atoms with Crippen LogP contribution in [0.4, 0.5) is 0 Å². The van der Waals surface area contributed by atoms with Gasteiger partial charge in [-0.1, -0.05) is 13.8 Å². The van der Waals surface area contributed by atoms with Crippen molar-refractivity contribution in [2.24, 2.45) is 5.92 Å². The highest BCUT2D eigenvalue weighted by Gasteiger charge is 2.31. The summed E-state index contributed by atoms with van der Waals surface area (Å²) in [6, 6.07) is -1.02. The summed E-state index contributed by atoms with van der Waals surface area (Å²) in [6.07, 6.45) is 1.85. The van der Waals surface area contributed by atoms with E-state index in [2.05, 4.69) is 10.1 Å². The molecule has 2 N–H and O–H groups in total. The molecule has 0 aromatic carbocycles. The first kappa shape index (κ1) is 22.1. The molecule has 0 aliphatic rings. The van der Waals surface area contributed by atoms with Gasteiger partial charge in [-0.05, 0) is 26.2 Å². The fourth-order valence-electron chi connectivity index (χ4n) is 2.08. The number of carbonyl (C=O) groups is 3. The van der Waals surface area contributed by atoms with Gasteiger partial charge in [0.05, 0.1) is 16.4 Å². The van der Waals surface area contributed by atoms with Crippen molar-refractivity contribution in [1.29, 1.82) is 5.53 Å². The molecule has 1 amide bonds. The monoisotopic (exact) mass is 360 g/mol.